The lowest BCUT2D eigenvalue weighted by atomic mass is 10.3. The highest BCUT2D eigenvalue weighted by Gasteiger charge is 2.05. The Kier molecular flexibility index (Phi) is 7.31. The topological polar surface area (TPSA) is 50.4 Å². The van der Waals surface area contributed by atoms with Gasteiger partial charge in [0, 0.05) is 20.7 Å². The third-order valence-electron chi connectivity index (χ3n) is 2.68. The quantitative estimate of drug-likeness (QED) is 0.471. The first-order valence-corrected chi connectivity index (χ1v) is 8.17. The van der Waals surface area contributed by atoms with E-state index in [4.69, 9.17) is 5.73 Å². The average Bonchev–Trinajstić information content (AvgIpc) is 2.39. The van der Waals surface area contributed by atoms with E-state index in [1.807, 2.05) is 11.8 Å². The van der Waals surface area contributed by atoms with Crippen molar-refractivity contribution in [3.8, 4) is 0 Å². The zero-order valence-electron chi connectivity index (χ0n) is 11.7. The first-order valence-electron chi connectivity index (χ1n) is 6.50. The summed E-state index contributed by atoms with van der Waals surface area (Å²) in [5.74, 6) is 0.539. The Labute approximate surface area is 128 Å². The fourth-order valence-corrected chi connectivity index (χ4v) is 2.58. The van der Waals surface area contributed by atoms with Gasteiger partial charge in [0.25, 0.3) is 0 Å². The highest BCUT2D eigenvalue weighted by Crippen LogP contribution is 2.24. The second kappa shape index (κ2) is 8.48. The molecule has 0 radical (unpaired) electrons. The maximum Gasteiger partial charge on any atom is 0.188 e. The van der Waals surface area contributed by atoms with Crippen molar-refractivity contribution >= 4 is 33.7 Å². The minimum absolute atomic E-state index is 0.373. The second-order valence-electron chi connectivity index (χ2n) is 4.56. The molecule has 1 aromatic carbocycles. The summed E-state index contributed by atoms with van der Waals surface area (Å²) >= 11 is 5.24. The number of nitrogens with one attached hydrogen (secondary N) is 1. The predicted molar refractivity (Wildman–Crippen MR) is 88.8 cm³/mol. The van der Waals surface area contributed by atoms with Crippen LogP contribution in [0.25, 0.3) is 0 Å². The van der Waals surface area contributed by atoms with Gasteiger partial charge in [-0.3, -0.25) is 4.99 Å². The number of hydrogen-bond acceptors (Lipinski definition) is 2. The van der Waals surface area contributed by atoms with Crippen LogP contribution in [-0.4, -0.2) is 23.8 Å². The Bertz CT molecular complexity index is 406. The summed E-state index contributed by atoms with van der Waals surface area (Å²) in [6.07, 6.45) is 1.04. The van der Waals surface area contributed by atoms with Crippen molar-refractivity contribution in [1.82, 2.24) is 5.32 Å². The lowest BCUT2D eigenvalue weighted by Gasteiger charge is -2.13. The summed E-state index contributed by atoms with van der Waals surface area (Å²) in [4.78, 5) is 5.63. The normalized spacial score (nSPS) is 15.1. The van der Waals surface area contributed by atoms with Crippen LogP contribution in [0.5, 0.6) is 0 Å². The molecule has 0 bridgehead atoms. The summed E-state index contributed by atoms with van der Waals surface area (Å²) in [6.45, 7) is 7.10. The van der Waals surface area contributed by atoms with Gasteiger partial charge >= 0.3 is 0 Å². The van der Waals surface area contributed by atoms with Crippen molar-refractivity contribution in [1.29, 1.82) is 0 Å². The van der Waals surface area contributed by atoms with Crippen molar-refractivity contribution in [2.45, 2.75) is 43.4 Å². The molecule has 1 rings (SSSR count). The number of hydrogen-bond donors (Lipinski definition) is 2. The van der Waals surface area contributed by atoms with Gasteiger partial charge in [-0.2, -0.15) is 0 Å². The van der Waals surface area contributed by atoms with Gasteiger partial charge in [-0.05, 0) is 37.6 Å². The molecular weight excluding hydrogens is 322 g/mol. The Morgan fingerprint density at radius 2 is 2.00 bits per heavy atom. The molecule has 2 unspecified atom stereocenters. The molecule has 0 aliphatic rings. The number of thioether (sulfide) groups is 1. The molecule has 0 aliphatic heterocycles. The number of rotatable bonds is 6. The van der Waals surface area contributed by atoms with E-state index in [2.05, 4.69) is 71.3 Å². The fourth-order valence-electron chi connectivity index (χ4n) is 1.41. The molecule has 0 saturated heterocycles. The van der Waals surface area contributed by atoms with Gasteiger partial charge in [-0.1, -0.05) is 29.8 Å². The molecule has 0 aliphatic carbocycles. The van der Waals surface area contributed by atoms with Crippen molar-refractivity contribution in [3.05, 3.63) is 28.7 Å². The molecule has 0 saturated carbocycles. The maximum atomic E-state index is 5.84. The van der Waals surface area contributed by atoms with E-state index in [1.165, 1.54) is 4.90 Å². The highest BCUT2D eigenvalue weighted by atomic mass is 79.9. The van der Waals surface area contributed by atoms with Crippen molar-refractivity contribution < 1.29 is 0 Å². The second-order valence-corrected chi connectivity index (χ2v) is 6.99. The van der Waals surface area contributed by atoms with E-state index in [1.54, 1.807) is 0 Å². The SMILES string of the molecule is CCC(C)NC(N)=NCC(C)Sc1ccc(Br)cc1. The van der Waals surface area contributed by atoms with Gasteiger partial charge in [0.2, 0.25) is 0 Å². The average molecular weight is 344 g/mol. The standard InChI is InChI=1S/C14H22BrN3S/c1-4-10(2)18-14(16)17-9-11(3)19-13-7-5-12(15)6-8-13/h5-8,10-11H,4,9H2,1-3H3,(H3,16,17,18). The van der Waals surface area contributed by atoms with Crippen LogP contribution in [0.4, 0.5) is 0 Å². The first kappa shape index (κ1) is 16.4. The summed E-state index contributed by atoms with van der Waals surface area (Å²) in [5.41, 5.74) is 5.84. The van der Waals surface area contributed by atoms with Crippen LogP contribution in [0, 0.1) is 0 Å². The summed E-state index contributed by atoms with van der Waals surface area (Å²) in [7, 11) is 0. The Morgan fingerprint density at radius 1 is 1.37 bits per heavy atom. The minimum atomic E-state index is 0.373. The van der Waals surface area contributed by atoms with Gasteiger partial charge < -0.3 is 11.1 Å². The minimum Gasteiger partial charge on any atom is -0.370 e. The zero-order chi connectivity index (χ0) is 14.3. The Hall–Kier alpha value is -0.680. The smallest absolute Gasteiger partial charge is 0.188 e. The number of guanidine groups is 1. The maximum absolute atomic E-state index is 5.84. The molecule has 0 heterocycles. The van der Waals surface area contributed by atoms with E-state index in [0.717, 1.165) is 17.4 Å². The van der Waals surface area contributed by atoms with Crippen molar-refractivity contribution in [2.75, 3.05) is 6.54 Å². The lowest BCUT2D eigenvalue weighted by molar-refractivity contribution is 0.636. The van der Waals surface area contributed by atoms with E-state index in [9.17, 15) is 0 Å². The molecule has 2 atom stereocenters. The third kappa shape index (κ3) is 6.87. The van der Waals surface area contributed by atoms with Crippen LogP contribution < -0.4 is 11.1 Å². The number of nitrogens with zero attached hydrogens (tertiary/aromatic N) is 1. The van der Waals surface area contributed by atoms with Gasteiger partial charge in [-0.15, -0.1) is 11.8 Å². The molecule has 19 heavy (non-hydrogen) atoms. The molecule has 0 aromatic heterocycles. The van der Waals surface area contributed by atoms with Crippen LogP contribution in [0.1, 0.15) is 27.2 Å². The first-order chi connectivity index (χ1) is 9.01. The van der Waals surface area contributed by atoms with Gasteiger partial charge in [0.15, 0.2) is 5.96 Å². The summed E-state index contributed by atoms with van der Waals surface area (Å²) in [6, 6.07) is 8.69. The van der Waals surface area contributed by atoms with Crippen LogP contribution in [0.15, 0.2) is 38.6 Å². The molecule has 0 fully saturated rings. The number of halogens is 1. The van der Waals surface area contributed by atoms with E-state index >= 15 is 0 Å². The Morgan fingerprint density at radius 3 is 2.58 bits per heavy atom. The highest BCUT2D eigenvalue weighted by molar-refractivity contribution is 9.10. The van der Waals surface area contributed by atoms with Gasteiger partial charge in [0.1, 0.15) is 0 Å². The molecule has 1 aromatic rings. The largest absolute Gasteiger partial charge is 0.370 e. The van der Waals surface area contributed by atoms with Gasteiger partial charge in [-0.25, -0.2) is 0 Å². The summed E-state index contributed by atoms with van der Waals surface area (Å²) < 4.78 is 1.10. The fraction of sp³-hybridized carbons (Fsp3) is 0.500. The molecule has 3 N–H and O–H groups in total. The third-order valence-corrected chi connectivity index (χ3v) is 4.30. The molecular formula is C14H22BrN3S. The van der Waals surface area contributed by atoms with Crippen molar-refractivity contribution in [3.63, 3.8) is 0 Å². The van der Waals surface area contributed by atoms with Gasteiger partial charge in [0.05, 0.1) is 6.54 Å². The lowest BCUT2D eigenvalue weighted by Crippen LogP contribution is -2.38. The van der Waals surface area contributed by atoms with E-state index in [-0.39, 0.29) is 0 Å². The molecule has 106 valence electrons. The monoisotopic (exact) mass is 343 g/mol. The van der Waals surface area contributed by atoms with Crippen LogP contribution >= 0.6 is 27.7 Å². The summed E-state index contributed by atoms with van der Waals surface area (Å²) in [5, 5.41) is 3.57. The van der Waals surface area contributed by atoms with E-state index < -0.39 is 0 Å². The van der Waals surface area contributed by atoms with Crippen molar-refractivity contribution in [2.24, 2.45) is 10.7 Å². The Balaban J connectivity index is 2.40. The predicted octanol–water partition coefficient (Wildman–Crippen LogP) is 3.63. The zero-order valence-corrected chi connectivity index (χ0v) is 14.1. The molecule has 5 heteroatoms. The number of benzene rings is 1. The van der Waals surface area contributed by atoms with Crippen LogP contribution in [0.2, 0.25) is 0 Å². The van der Waals surface area contributed by atoms with E-state index in [0.29, 0.717) is 17.3 Å². The number of aliphatic imine (C=N–C) groups is 1. The number of nitrogens with two attached hydrogens (primary N) is 1. The van der Waals surface area contributed by atoms with Crippen LogP contribution in [-0.2, 0) is 0 Å². The van der Waals surface area contributed by atoms with Crippen LogP contribution in [0.3, 0.4) is 0 Å². The molecule has 0 spiro atoms. The molecule has 0 amide bonds. The molecule has 3 nitrogen and oxygen atoms in total.